The molecule has 0 aliphatic heterocycles. The van der Waals surface area contributed by atoms with Crippen LogP contribution in [0.4, 0.5) is 0 Å². The van der Waals surface area contributed by atoms with Gasteiger partial charge in [0.25, 0.3) is 5.91 Å². The molecule has 6 heteroatoms. The minimum absolute atomic E-state index is 0.291. The van der Waals surface area contributed by atoms with Gasteiger partial charge in [-0.1, -0.05) is 6.92 Å². The first-order valence-electron chi connectivity index (χ1n) is 5.25. The van der Waals surface area contributed by atoms with Crippen LogP contribution in [0.25, 0.3) is 0 Å². The molecule has 3 N–H and O–H groups in total. The molecule has 0 aromatic carbocycles. The van der Waals surface area contributed by atoms with Gasteiger partial charge in [0.2, 0.25) is 0 Å². The Hall–Kier alpha value is -1.82. The summed E-state index contributed by atoms with van der Waals surface area (Å²) in [6.45, 7) is 3.12. The summed E-state index contributed by atoms with van der Waals surface area (Å²) in [6, 6.07) is 0.136. The van der Waals surface area contributed by atoms with Gasteiger partial charge in [0.1, 0.15) is 5.76 Å². The smallest absolute Gasteiger partial charge is 0.328 e. The molecule has 2 atom stereocenters. The molecule has 1 aromatic rings. The van der Waals surface area contributed by atoms with Gasteiger partial charge in [0.15, 0.2) is 6.04 Å². The minimum Gasteiger partial charge on any atom is -0.480 e. The number of carboxylic acids is 1. The lowest BCUT2D eigenvalue weighted by Crippen LogP contribution is -2.47. The zero-order valence-electron chi connectivity index (χ0n) is 9.64. The van der Waals surface area contributed by atoms with Crippen LogP contribution in [0.3, 0.4) is 0 Å². The summed E-state index contributed by atoms with van der Waals surface area (Å²) < 4.78 is 5.07. The zero-order valence-corrected chi connectivity index (χ0v) is 9.64. The monoisotopic (exact) mass is 241 g/mol. The van der Waals surface area contributed by atoms with Crippen LogP contribution in [0.2, 0.25) is 0 Å². The van der Waals surface area contributed by atoms with Crippen molar-refractivity contribution in [3.8, 4) is 0 Å². The van der Waals surface area contributed by atoms with Gasteiger partial charge in [-0.25, -0.2) is 4.79 Å². The number of nitrogens with one attached hydrogen (secondary N) is 1. The van der Waals surface area contributed by atoms with Gasteiger partial charge in [0.05, 0.1) is 17.9 Å². The second-order valence-electron chi connectivity index (χ2n) is 3.64. The Labute approximate surface area is 98.2 Å². The Bertz CT molecular complexity index is 410. The average molecular weight is 241 g/mol. The lowest BCUT2D eigenvalue weighted by Gasteiger charge is -2.16. The van der Waals surface area contributed by atoms with Crippen molar-refractivity contribution in [2.24, 2.45) is 0 Å². The van der Waals surface area contributed by atoms with Crippen LogP contribution in [0.1, 0.15) is 30.0 Å². The number of carboxylic acid groups (broad SMARTS) is 1. The fourth-order valence-corrected chi connectivity index (χ4v) is 1.42. The van der Waals surface area contributed by atoms with Crippen LogP contribution in [0, 0.1) is 0 Å². The van der Waals surface area contributed by atoms with E-state index in [-0.39, 0.29) is 0 Å². The van der Waals surface area contributed by atoms with E-state index in [1.807, 2.05) is 6.92 Å². The quantitative estimate of drug-likeness (QED) is 0.693. The number of aliphatic carboxylic acids is 1. The van der Waals surface area contributed by atoms with E-state index in [4.69, 9.17) is 9.52 Å². The number of hydrogen-bond acceptors (Lipinski definition) is 4. The summed E-state index contributed by atoms with van der Waals surface area (Å²) in [5, 5.41) is 20.3. The molecule has 94 valence electrons. The number of carbonyl (C=O) groups is 2. The summed E-state index contributed by atoms with van der Waals surface area (Å²) in [5.41, 5.74) is 0.291. The molecule has 0 saturated heterocycles. The SMILES string of the molecule is CCc1occc1C(=O)NC(C(=O)O)C(C)O. The lowest BCUT2D eigenvalue weighted by molar-refractivity contribution is -0.141. The Morgan fingerprint density at radius 3 is 2.65 bits per heavy atom. The molecule has 2 unspecified atom stereocenters. The van der Waals surface area contributed by atoms with Crippen molar-refractivity contribution in [2.45, 2.75) is 32.4 Å². The molecule has 17 heavy (non-hydrogen) atoms. The number of hydrogen-bond donors (Lipinski definition) is 3. The first kappa shape index (κ1) is 13.2. The van der Waals surface area contributed by atoms with Gasteiger partial charge in [-0.15, -0.1) is 0 Å². The molecule has 1 heterocycles. The number of aliphatic hydroxyl groups is 1. The standard InChI is InChI=1S/C11H15NO5/c1-3-8-7(4-5-17-8)10(14)12-9(6(2)13)11(15)16/h4-6,9,13H,3H2,1-2H3,(H,12,14)(H,15,16). The Balaban J connectivity index is 2.81. The number of aliphatic hydroxyl groups excluding tert-OH is 1. The lowest BCUT2D eigenvalue weighted by atomic mass is 10.1. The summed E-state index contributed by atoms with van der Waals surface area (Å²) >= 11 is 0. The van der Waals surface area contributed by atoms with E-state index < -0.39 is 24.0 Å². The second-order valence-corrected chi connectivity index (χ2v) is 3.64. The van der Waals surface area contributed by atoms with Gasteiger partial charge < -0.3 is 19.9 Å². The van der Waals surface area contributed by atoms with Crippen LogP contribution in [-0.2, 0) is 11.2 Å². The highest BCUT2D eigenvalue weighted by Crippen LogP contribution is 2.11. The number of rotatable bonds is 5. The molecule has 0 aliphatic rings. The van der Waals surface area contributed by atoms with Gasteiger partial charge in [-0.3, -0.25) is 4.79 Å². The van der Waals surface area contributed by atoms with Gasteiger partial charge >= 0.3 is 5.97 Å². The second kappa shape index (κ2) is 5.49. The van der Waals surface area contributed by atoms with E-state index in [9.17, 15) is 14.7 Å². The first-order chi connectivity index (χ1) is 7.97. The molecule has 0 radical (unpaired) electrons. The van der Waals surface area contributed by atoms with Crippen LogP contribution in [-0.4, -0.2) is 34.2 Å². The highest BCUT2D eigenvalue weighted by Gasteiger charge is 2.26. The third-order valence-electron chi connectivity index (χ3n) is 2.35. The van der Waals surface area contributed by atoms with Crippen molar-refractivity contribution >= 4 is 11.9 Å². The number of carbonyl (C=O) groups excluding carboxylic acids is 1. The van der Waals surface area contributed by atoms with Gasteiger partial charge in [-0.2, -0.15) is 0 Å². The van der Waals surface area contributed by atoms with Crippen LogP contribution in [0.15, 0.2) is 16.7 Å². The molecule has 1 rings (SSSR count). The van der Waals surface area contributed by atoms with E-state index >= 15 is 0 Å². The van der Waals surface area contributed by atoms with Gasteiger partial charge in [-0.05, 0) is 13.0 Å². The molecule has 0 fully saturated rings. The molecule has 0 saturated carbocycles. The van der Waals surface area contributed by atoms with Crippen LogP contribution < -0.4 is 5.32 Å². The molecule has 0 aliphatic carbocycles. The van der Waals surface area contributed by atoms with Crippen molar-refractivity contribution < 1.29 is 24.2 Å². The third-order valence-corrected chi connectivity index (χ3v) is 2.35. The van der Waals surface area contributed by atoms with E-state index in [1.54, 1.807) is 0 Å². The predicted octanol–water partition coefficient (Wildman–Crippen LogP) is 0.406. The Morgan fingerprint density at radius 1 is 1.53 bits per heavy atom. The highest BCUT2D eigenvalue weighted by atomic mass is 16.4. The first-order valence-corrected chi connectivity index (χ1v) is 5.25. The molecule has 6 nitrogen and oxygen atoms in total. The fraction of sp³-hybridized carbons (Fsp3) is 0.455. The molecule has 1 aromatic heterocycles. The Kier molecular flexibility index (Phi) is 4.28. The number of amides is 1. The van der Waals surface area contributed by atoms with Crippen LogP contribution >= 0.6 is 0 Å². The molecule has 0 bridgehead atoms. The van der Waals surface area contributed by atoms with E-state index in [0.29, 0.717) is 17.7 Å². The predicted molar refractivity (Wildman–Crippen MR) is 58.7 cm³/mol. The molecular weight excluding hydrogens is 226 g/mol. The number of aryl methyl sites for hydroxylation is 1. The van der Waals surface area contributed by atoms with Crippen molar-refractivity contribution in [3.63, 3.8) is 0 Å². The summed E-state index contributed by atoms with van der Waals surface area (Å²) in [5.74, 6) is -1.36. The highest BCUT2D eigenvalue weighted by molar-refractivity contribution is 5.97. The summed E-state index contributed by atoms with van der Waals surface area (Å²) in [4.78, 5) is 22.6. The van der Waals surface area contributed by atoms with E-state index in [1.165, 1.54) is 19.3 Å². The average Bonchev–Trinajstić information content (AvgIpc) is 2.72. The molecule has 1 amide bonds. The van der Waals surface area contributed by atoms with Crippen molar-refractivity contribution in [1.29, 1.82) is 0 Å². The van der Waals surface area contributed by atoms with E-state index in [2.05, 4.69) is 5.32 Å². The maximum atomic E-state index is 11.8. The normalized spacial score (nSPS) is 14.1. The van der Waals surface area contributed by atoms with Gasteiger partial charge in [0, 0.05) is 6.42 Å². The zero-order chi connectivity index (χ0) is 13.0. The topological polar surface area (TPSA) is 99.8 Å². The third kappa shape index (κ3) is 3.07. The maximum absolute atomic E-state index is 11.8. The summed E-state index contributed by atoms with van der Waals surface area (Å²) in [7, 11) is 0. The van der Waals surface area contributed by atoms with Crippen molar-refractivity contribution in [3.05, 3.63) is 23.7 Å². The van der Waals surface area contributed by atoms with Crippen molar-refractivity contribution in [2.75, 3.05) is 0 Å². The Morgan fingerprint density at radius 2 is 2.18 bits per heavy atom. The minimum atomic E-state index is -1.33. The molecular formula is C11H15NO5. The largest absolute Gasteiger partial charge is 0.480 e. The molecule has 0 spiro atoms. The van der Waals surface area contributed by atoms with Crippen LogP contribution in [0.5, 0.6) is 0 Å². The van der Waals surface area contributed by atoms with E-state index in [0.717, 1.165) is 0 Å². The fourth-order valence-electron chi connectivity index (χ4n) is 1.42. The summed E-state index contributed by atoms with van der Waals surface area (Å²) in [6.07, 6.45) is 0.724. The number of furan rings is 1. The maximum Gasteiger partial charge on any atom is 0.328 e. The van der Waals surface area contributed by atoms with Crippen molar-refractivity contribution in [1.82, 2.24) is 5.32 Å².